The van der Waals surface area contributed by atoms with Gasteiger partial charge in [0.2, 0.25) is 9.84 Å². The van der Waals surface area contributed by atoms with Gasteiger partial charge in [-0.1, -0.05) is 19.1 Å². The SMILES string of the molecule is CC[C@@H](/C=C/S(=O)(=O)c1ccccn1)CC(OC)OC. The maximum Gasteiger partial charge on any atom is 0.216 e. The fraction of sp³-hybridized carbons (Fsp3) is 0.500. The molecule has 1 heterocycles. The minimum absolute atomic E-state index is 0.0566. The van der Waals surface area contributed by atoms with Crippen molar-refractivity contribution in [3.8, 4) is 0 Å². The molecule has 0 amide bonds. The normalized spacial score (nSPS) is 14.0. The van der Waals surface area contributed by atoms with Crippen molar-refractivity contribution in [2.45, 2.75) is 31.1 Å². The molecule has 0 aliphatic carbocycles. The molecule has 0 unspecified atom stereocenters. The van der Waals surface area contributed by atoms with Crippen LogP contribution in [-0.4, -0.2) is 33.9 Å². The van der Waals surface area contributed by atoms with Gasteiger partial charge >= 0.3 is 0 Å². The van der Waals surface area contributed by atoms with Crippen LogP contribution in [-0.2, 0) is 19.3 Å². The highest BCUT2D eigenvalue weighted by Gasteiger charge is 2.15. The lowest BCUT2D eigenvalue weighted by Gasteiger charge is -2.17. The molecule has 0 saturated carbocycles. The van der Waals surface area contributed by atoms with Crippen molar-refractivity contribution in [2.75, 3.05) is 14.2 Å². The summed E-state index contributed by atoms with van der Waals surface area (Å²) < 4.78 is 34.4. The lowest BCUT2D eigenvalue weighted by molar-refractivity contribution is -0.111. The fourth-order valence-electron chi connectivity index (χ4n) is 1.72. The van der Waals surface area contributed by atoms with Gasteiger partial charge < -0.3 is 9.47 Å². The molecule has 6 heteroatoms. The lowest BCUT2D eigenvalue weighted by Crippen LogP contribution is -2.17. The Labute approximate surface area is 120 Å². The second kappa shape index (κ2) is 8.14. The van der Waals surface area contributed by atoms with Gasteiger partial charge in [0, 0.05) is 32.2 Å². The molecule has 0 aliphatic rings. The minimum Gasteiger partial charge on any atom is -0.356 e. The van der Waals surface area contributed by atoms with Crippen LogP contribution in [0.15, 0.2) is 40.9 Å². The van der Waals surface area contributed by atoms with Crippen molar-refractivity contribution >= 4 is 9.84 Å². The summed E-state index contributed by atoms with van der Waals surface area (Å²) in [5, 5.41) is 1.27. The number of hydrogen-bond acceptors (Lipinski definition) is 5. The van der Waals surface area contributed by atoms with Gasteiger partial charge in [-0.3, -0.25) is 0 Å². The summed E-state index contributed by atoms with van der Waals surface area (Å²) in [4.78, 5) is 3.86. The van der Waals surface area contributed by atoms with Crippen LogP contribution in [0, 0.1) is 5.92 Å². The highest BCUT2D eigenvalue weighted by atomic mass is 32.2. The third kappa shape index (κ3) is 5.03. The molecule has 0 saturated heterocycles. The molecular weight excluding hydrogens is 278 g/mol. The molecule has 1 aromatic rings. The summed E-state index contributed by atoms with van der Waals surface area (Å²) in [6.45, 7) is 1.99. The second-order valence-electron chi connectivity index (χ2n) is 4.35. The Balaban J connectivity index is 2.78. The molecule has 1 aromatic heterocycles. The first-order valence-electron chi connectivity index (χ1n) is 6.43. The molecule has 0 fully saturated rings. The summed E-state index contributed by atoms with van der Waals surface area (Å²) in [5.74, 6) is 0.0680. The summed E-state index contributed by atoms with van der Waals surface area (Å²) in [7, 11) is -0.359. The van der Waals surface area contributed by atoms with E-state index in [1.807, 2.05) is 6.92 Å². The van der Waals surface area contributed by atoms with E-state index in [-0.39, 0.29) is 17.2 Å². The zero-order chi connectivity index (χ0) is 15.0. The monoisotopic (exact) mass is 299 g/mol. The van der Waals surface area contributed by atoms with Crippen molar-refractivity contribution in [3.63, 3.8) is 0 Å². The summed E-state index contributed by atoms with van der Waals surface area (Å²) in [6, 6.07) is 4.81. The average molecular weight is 299 g/mol. The number of ether oxygens (including phenoxy) is 2. The van der Waals surface area contributed by atoms with Crippen LogP contribution in [0.1, 0.15) is 19.8 Å². The smallest absolute Gasteiger partial charge is 0.216 e. The topological polar surface area (TPSA) is 65.5 Å². The third-order valence-corrected chi connectivity index (χ3v) is 4.34. The number of hydrogen-bond donors (Lipinski definition) is 0. The quantitative estimate of drug-likeness (QED) is 0.690. The number of rotatable bonds is 8. The van der Waals surface area contributed by atoms with Crippen LogP contribution >= 0.6 is 0 Å². The summed E-state index contributed by atoms with van der Waals surface area (Å²) in [6.07, 6.45) is 4.22. The van der Waals surface area contributed by atoms with Gasteiger partial charge in [-0.15, -0.1) is 0 Å². The molecule has 0 aliphatic heterocycles. The summed E-state index contributed by atoms with van der Waals surface area (Å²) in [5.41, 5.74) is 0. The molecule has 0 radical (unpaired) electrons. The van der Waals surface area contributed by atoms with Gasteiger partial charge in [-0.2, -0.15) is 0 Å². The molecule has 5 nitrogen and oxygen atoms in total. The molecule has 20 heavy (non-hydrogen) atoms. The van der Waals surface area contributed by atoms with E-state index in [1.165, 1.54) is 17.7 Å². The fourth-order valence-corrected chi connectivity index (χ4v) is 2.76. The number of methoxy groups -OCH3 is 2. The lowest BCUT2D eigenvalue weighted by atomic mass is 10.0. The van der Waals surface area contributed by atoms with Gasteiger partial charge in [0.25, 0.3) is 0 Å². The van der Waals surface area contributed by atoms with Crippen LogP contribution in [0.2, 0.25) is 0 Å². The van der Waals surface area contributed by atoms with Gasteiger partial charge in [-0.05, 0) is 24.5 Å². The van der Waals surface area contributed by atoms with E-state index in [0.717, 1.165) is 6.42 Å². The Kier molecular flexibility index (Phi) is 6.84. The largest absolute Gasteiger partial charge is 0.356 e. The van der Waals surface area contributed by atoms with Crippen LogP contribution in [0.3, 0.4) is 0 Å². The highest BCUT2D eigenvalue weighted by Crippen LogP contribution is 2.17. The van der Waals surface area contributed by atoms with Crippen molar-refractivity contribution in [1.82, 2.24) is 4.98 Å². The average Bonchev–Trinajstić information content (AvgIpc) is 2.48. The Bertz CT molecular complexity index is 509. The zero-order valence-electron chi connectivity index (χ0n) is 12.0. The van der Waals surface area contributed by atoms with Crippen molar-refractivity contribution in [3.05, 3.63) is 35.9 Å². The van der Waals surface area contributed by atoms with Gasteiger partial charge in [0.05, 0.1) is 0 Å². The van der Waals surface area contributed by atoms with E-state index < -0.39 is 9.84 Å². The molecule has 0 bridgehead atoms. The number of sulfone groups is 1. The Morgan fingerprint density at radius 3 is 2.50 bits per heavy atom. The second-order valence-corrected chi connectivity index (χ2v) is 6.13. The molecular formula is C14H21NO4S. The van der Waals surface area contributed by atoms with Crippen molar-refractivity contribution in [1.29, 1.82) is 0 Å². The first kappa shape index (κ1) is 16.8. The van der Waals surface area contributed by atoms with Crippen LogP contribution in [0.5, 0.6) is 0 Å². The van der Waals surface area contributed by atoms with Crippen LogP contribution in [0.4, 0.5) is 0 Å². The minimum atomic E-state index is -3.49. The van der Waals surface area contributed by atoms with E-state index in [2.05, 4.69) is 4.98 Å². The number of aromatic nitrogens is 1. The van der Waals surface area contributed by atoms with E-state index in [1.54, 1.807) is 32.4 Å². The third-order valence-electron chi connectivity index (χ3n) is 3.00. The first-order chi connectivity index (χ1) is 9.53. The van der Waals surface area contributed by atoms with Crippen LogP contribution < -0.4 is 0 Å². The number of nitrogens with zero attached hydrogens (tertiary/aromatic N) is 1. The molecule has 0 aromatic carbocycles. The molecule has 1 atom stereocenters. The van der Waals surface area contributed by atoms with Crippen molar-refractivity contribution in [2.24, 2.45) is 5.92 Å². The van der Waals surface area contributed by atoms with E-state index in [0.29, 0.717) is 6.42 Å². The van der Waals surface area contributed by atoms with Gasteiger partial charge in [-0.25, -0.2) is 13.4 Å². The standard InChI is InChI=1S/C14H21NO4S/c1-4-12(11-14(18-2)19-3)8-10-20(16,17)13-7-5-6-9-15-13/h5-10,12,14H,4,11H2,1-3H3/b10-8+/t12-/m0/s1. The molecule has 0 N–H and O–H groups in total. The maximum absolute atomic E-state index is 12.1. The highest BCUT2D eigenvalue weighted by molar-refractivity contribution is 7.94. The predicted octanol–water partition coefficient (Wildman–Crippen LogP) is 2.40. The van der Waals surface area contributed by atoms with E-state index in [9.17, 15) is 8.42 Å². The number of allylic oxidation sites excluding steroid dienone is 1. The van der Waals surface area contributed by atoms with Gasteiger partial charge in [0.15, 0.2) is 11.3 Å². The van der Waals surface area contributed by atoms with Gasteiger partial charge in [0.1, 0.15) is 0 Å². The number of pyridine rings is 1. The zero-order valence-corrected chi connectivity index (χ0v) is 12.8. The van der Waals surface area contributed by atoms with Crippen molar-refractivity contribution < 1.29 is 17.9 Å². The molecule has 0 spiro atoms. The first-order valence-corrected chi connectivity index (χ1v) is 7.98. The van der Waals surface area contributed by atoms with E-state index in [4.69, 9.17) is 9.47 Å². The Hall–Kier alpha value is -1.24. The molecule has 112 valence electrons. The summed E-state index contributed by atoms with van der Waals surface area (Å²) >= 11 is 0. The molecule has 1 rings (SSSR count). The Morgan fingerprint density at radius 2 is 2.00 bits per heavy atom. The Morgan fingerprint density at radius 1 is 1.30 bits per heavy atom. The van der Waals surface area contributed by atoms with E-state index >= 15 is 0 Å². The van der Waals surface area contributed by atoms with Crippen LogP contribution in [0.25, 0.3) is 0 Å². The predicted molar refractivity (Wildman–Crippen MR) is 76.8 cm³/mol. The maximum atomic E-state index is 12.1.